The van der Waals surface area contributed by atoms with E-state index in [9.17, 15) is 8.78 Å². The molecular formula is C13H20F2N4. The van der Waals surface area contributed by atoms with E-state index in [1.165, 1.54) is 0 Å². The molecule has 1 aliphatic heterocycles. The Kier molecular flexibility index (Phi) is 4.66. The topological polar surface area (TPSA) is 54.2 Å². The summed E-state index contributed by atoms with van der Waals surface area (Å²) in [6, 6.07) is 3.78. The number of hydrogen-bond donors (Lipinski definition) is 2. The highest BCUT2D eigenvalue weighted by atomic mass is 19.3. The molecule has 3 N–H and O–H groups in total. The number of hydrogen-bond acceptors (Lipinski definition) is 4. The summed E-state index contributed by atoms with van der Waals surface area (Å²) in [4.78, 5) is 6.54. The van der Waals surface area contributed by atoms with Crippen LogP contribution in [0.2, 0.25) is 0 Å². The maximum Gasteiger partial charge on any atom is 0.260 e. The molecule has 0 aromatic carbocycles. The summed E-state index contributed by atoms with van der Waals surface area (Å²) in [7, 11) is 0. The second-order valence-corrected chi connectivity index (χ2v) is 4.82. The Morgan fingerprint density at radius 1 is 1.32 bits per heavy atom. The molecule has 106 valence electrons. The van der Waals surface area contributed by atoms with Gasteiger partial charge in [0.1, 0.15) is 5.82 Å². The fraction of sp³-hybridized carbons (Fsp3) is 0.615. The lowest BCUT2D eigenvalue weighted by atomic mass is 10.1. The minimum absolute atomic E-state index is 0.224. The molecule has 6 heteroatoms. The van der Waals surface area contributed by atoms with Crippen LogP contribution in [0.5, 0.6) is 0 Å². The molecule has 2 heterocycles. The number of nitrogens with one attached hydrogen (secondary N) is 1. The molecular weight excluding hydrogens is 250 g/mol. The molecule has 19 heavy (non-hydrogen) atoms. The summed E-state index contributed by atoms with van der Waals surface area (Å²) in [6.07, 6.45) is 1.77. The van der Waals surface area contributed by atoms with E-state index in [0.717, 1.165) is 37.6 Å². The van der Waals surface area contributed by atoms with E-state index in [-0.39, 0.29) is 6.42 Å². The van der Waals surface area contributed by atoms with Crippen molar-refractivity contribution in [3.05, 3.63) is 23.9 Å². The third-order valence-electron chi connectivity index (χ3n) is 3.33. The van der Waals surface area contributed by atoms with Crippen LogP contribution >= 0.6 is 0 Å². The van der Waals surface area contributed by atoms with Gasteiger partial charge in [-0.3, -0.25) is 0 Å². The molecule has 1 aliphatic rings. The van der Waals surface area contributed by atoms with Crippen LogP contribution < -0.4 is 16.0 Å². The molecule has 0 aliphatic carbocycles. The Hall–Kier alpha value is -1.27. The van der Waals surface area contributed by atoms with Gasteiger partial charge in [-0.1, -0.05) is 6.07 Å². The number of aryl methyl sites for hydroxylation is 1. The van der Waals surface area contributed by atoms with Crippen molar-refractivity contribution in [2.24, 2.45) is 5.73 Å². The van der Waals surface area contributed by atoms with Crippen molar-refractivity contribution >= 4 is 5.82 Å². The number of aromatic nitrogens is 1. The van der Waals surface area contributed by atoms with Crippen LogP contribution in [0.4, 0.5) is 14.6 Å². The number of nitrogens with zero attached hydrogens (tertiary/aromatic N) is 2. The zero-order valence-electron chi connectivity index (χ0n) is 10.9. The molecule has 0 saturated carbocycles. The van der Waals surface area contributed by atoms with Crippen LogP contribution in [-0.4, -0.2) is 43.6 Å². The van der Waals surface area contributed by atoms with Crippen molar-refractivity contribution in [3.63, 3.8) is 0 Å². The molecule has 0 amide bonds. The first-order valence-electron chi connectivity index (χ1n) is 6.59. The molecule has 1 saturated heterocycles. The summed E-state index contributed by atoms with van der Waals surface area (Å²) in [5.74, 6) is -1.87. The second-order valence-electron chi connectivity index (χ2n) is 4.82. The van der Waals surface area contributed by atoms with E-state index in [0.29, 0.717) is 6.42 Å². The number of anilines is 1. The first kappa shape index (κ1) is 14.1. The van der Waals surface area contributed by atoms with Gasteiger partial charge in [0.15, 0.2) is 0 Å². The number of rotatable bonds is 5. The Bertz CT molecular complexity index is 388. The van der Waals surface area contributed by atoms with Gasteiger partial charge in [0.25, 0.3) is 5.92 Å². The highest BCUT2D eigenvalue weighted by Gasteiger charge is 2.26. The first-order chi connectivity index (χ1) is 9.11. The maximum atomic E-state index is 13.0. The van der Waals surface area contributed by atoms with Crippen LogP contribution in [0.3, 0.4) is 0 Å². The van der Waals surface area contributed by atoms with Gasteiger partial charge in [-0.2, -0.15) is 0 Å². The Balaban J connectivity index is 1.91. The zero-order chi connectivity index (χ0) is 13.7. The number of halogens is 2. The van der Waals surface area contributed by atoms with Gasteiger partial charge in [0, 0.05) is 38.8 Å². The van der Waals surface area contributed by atoms with Crippen molar-refractivity contribution in [3.8, 4) is 0 Å². The standard InChI is InChI=1S/C13H20F2N4/c14-13(15,10-16)4-3-11-1-2-12(18-9-11)19-7-5-17-6-8-19/h1-2,9,17H,3-8,10,16H2. The molecule has 0 atom stereocenters. The normalized spacial score (nSPS) is 16.7. The SMILES string of the molecule is NCC(F)(F)CCc1ccc(N2CCNCC2)nc1. The summed E-state index contributed by atoms with van der Waals surface area (Å²) < 4.78 is 26.1. The van der Waals surface area contributed by atoms with E-state index >= 15 is 0 Å². The van der Waals surface area contributed by atoms with Gasteiger partial charge in [0.05, 0.1) is 6.54 Å². The molecule has 0 bridgehead atoms. The number of alkyl halides is 2. The van der Waals surface area contributed by atoms with Crippen molar-refractivity contribution in [1.29, 1.82) is 0 Å². The number of pyridine rings is 1. The Labute approximate surface area is 112 Å². The number of piperazine rings is 1. The van der Waals surface area contributed by atoms with Gasteiger partial charge in [-0.25, -0.2) is 13.8 Å². The first-order valence-corrected chi connectivity index (χ1v) is 6.59. The zero-order valence-corrected chi connectivity index (χ0v) is 10.9. The van der Waals surface area contributed by atoms with Gasteiger partial charge in [0.2, 0.25) is 0 Å². The third-order valence-corrected chi connectivity index (χ3v) is 3.33. The van der Waals surface area contributed by atoms with E-state index in [2.05, 4.69) is 15.2 Å². The van der Waals surface area contributed by atoms with E-state index in [4.69, 9.17) is 5.73 Å². The van der Waals surface area contributed by atoms with Gasteiger partial charge >= 0.3 is 0 Å². The fourth-order valence-electron chi connectivity index (χ4n) is 2.07. The predicted octanol–water partition coefficient (Wildman–Crippen LogP) is 1.02. The highest BCUT2D eigenvalue weighted by Crippen LogP contribution is 2.20. The monoisotopic (exact) mass is 270 g/mol. The van der Waals surface area contributed by atoms with Gasteiger partial charge < -0.3 is 16.0 Å². The second kappa shape index (κ2) is 6.25. The molecule has 1 aromatic rings. The van der Waals surface area contributed by atoms with Crippen LogP contribution in [0.1, 0.15) is 12.0 Å². The summed E-state index contributed by atoms with van der Waals surface area (Å²) >= 11 is 0. The van der Waals surface area contributed by atoms with Crippen LogP contribution in [0.15, 0.2) is 18.3 Å². The summed E-state index contributed by atoms with van der Waals surface area (Å²) in [6.45, 7) is 3.16. The number of nitrogens with two attached hydrogens (primary N) is 1. The highest BCUT2D eigenvalue weighted by molar-refractivity contribution is 5.39. The van der Waals surface area contributed by atoms with E-state index < -0.39 is 12.5 Å². The third kappa shape index (κ3) is 4.11. The van der Waals surface area contributed by atoms with Crippen molar-refractivity contribution in [1.82, 2.24) is 10.3 Å². The molecule has 0 unspecified atom stereocenters. The maximum absolute atomic E-state index is 13.0. The Morgan fingerprint density at radius 3 is 2.63 bits per heavy atom. The minimum atomic E-state index is -2.78. The van der Waals surface area contributed by atoms with E-state index in [1.807, 2.05) is 12.1 Å². The average molecular weight is 270 g/mol. The van der Waals surface area contributed by atoms with Crippen LogP contribution in [-0.2, 0) is 6.42 Å². The van der Waals surface area contributed by atoms with Gasteiger partial charge in [-0.05, 0) is 18.1 Å². The largest absolute Gasteiger partial charge is 0.354 e. The molecule has 1 fully saturated rings. The summed E-state index contributed by atoms with van der Waals surface area (Å²) in [5, 5.41) is 3.27. The average Bonchev–Trinajstić information content (AvgIpc) is 2.47. The molecule has 4 nitrogen and oxygen atoms in total. The Morgan fingerprint density at radius 2 is 2.05 bits per heavy atom. The van der Waals surface area contributed by atoms with Gasteiger partial charge in [-0.15, -0.1) is 0 Å². The van der Waals surface area contributed by atoms with Crippen molar-refractivity contribution in [2.75, 3.05) is 37.6 Å². The lowest BCUT2D eigenvalue weighted by Crippen LogP contribution is -2.43. The van der Waals surface area contributed by atoms with E-state index in [1.54, 1.807) is 6.20 Å². The quantitative estimate of drug-likeness (QED) is 0.838. The lowest BCUT2D eigenvalue weighted by molar-refractivity contribution is 0.00245. The van der Waals surface area contributed by atoms with Crippen LogP contribution in [0.25, 0.3) is 0 Å². The van der Waals surface area contributed by atoms with Crippen molar-refractivity contribution < 1.29 is 8.78 Å². The predicted molar refractivity (Wildman–Crippen MR) is 71.6 cm³/mol. The molecule has 1 aromatic heterocycles. The molecule has 2 rings (SSSR count). The lowest BCUT2D eigenvalue weighted by Gasteiger charge is -2.28. The van der Waals surface area contributed by atoms with Crippen LogP contribution in [0, 0.1) is 0 Å². The fourth-order valence-corrected chi connectivity index (χ4v) is 2.07. The molecule has 0 spiro atoms. The van der Waals surface area contributed by atoms with Crippen molar-refractivity contribution in [2.45, 2.75) is 18.8 Å². The summed E-state index contributed by atoms with van der Waals surface area (Å²) in [5.41, 5.74) is 5.84. The smallest absolute Gasteiger partial charge is 0.260 e. The molecule has 0 radical (unpaired) electrons. The minimum Gasteiger partial charge on any atom is -0.354 e.